The van der Waals surface area contributed by atoms with Gasteiger partial charge in [-0.15, -0.1) is 0 Å². The molecule has 1 atom stereocenters. The Balaban J connectivity index is 1.90. The number of carbonyl (C=O) groups excluding carboxylic acids is 1. The Labute approximate surface area is 151 Å². The number of benzene rings is 1. The van der Waals surface area contributed by atoms with Gasteiger partial charge in [-0.1, -0.05) is 17.7 Å². The third kappa shape index (κ3) is 5.60. The molecule has 146 valence electrons. The number of nitrogens with one attached hydrogen (secondary N) is 2. The highest BCUT2D eigenvalue weighted by atomic mass is 19.4. The summed E-state index contributed by atoms with van der Waals surface area (Å²) in [5, 5.41) is 5.38. The van der Waals surface area contributed by atoms with Crippen LogP contribution in [0.5, 0.6) is 5.75 Å². The van der Waals surface area contributed by atoms with Crippen molar-refractivity contribution in [3.8, 4) is 5.75 Å². The van der Waals surface area contributed by atoms with Crippen molar-refractivity contribution in [2.45, 2.75) is 33.0 Å². The second kappa shape index (κ2) is 8.73. The molecule has 0 aromatic heterocycles. The molecule has 0 aliphatic carbocycles. The highest BCUT2D eigenvalue weighted by Crippen LogP contribution is 2.25. The minimum Gasteiger partial charge on any atom is -0.483 e. The standard InChI is InChI=1S/C18H26F3N3O2/c1-12-8-13(2)17(14(3)9-12)26-11-16(25)23-10-15(18(19,20)21)24-6-4-22-5-7-24/h8-9,15,22H,4-7,10-11H2,1-3H3,(H,23,25). The van der Waals surface area contributed by atoms with E-state index in [2.05, 4.69) is 10.6 Å². The van der Waals surface area contributed by atoms with Crippen LogP contribution < -0.4 is 15.4 Å². The van der Waals surface area contributed by atoms with Crippen LogP contribution in [0.4, 0.5) is 13.2 Å². The summed E-state index contributed by atoms with van der Waals surface area (Å²) in [5.74, 6) is 0.0361. The van der Waals surface area contributed by atoms with Crippen LogP contribution in [0.1, 0.15) is 16.7 Å². The Bertz CT molecular complexity index is 606. The number of piperazine rings is 1. The van der Waals surface area contributed by atoms with Gasteiger partial charge in [0.15, 0.2) is 6.61 Å². The van der Waals surface area contributed by atoms with Crippen LogP contribution in [0.2, 0.25) is 0 Å². The first-order valence-electron chi connectivity index (χ1n) is 8.67. The molecule has 8 heteroatoms. The largest absolute Gasteiger partial charge is 0.483 e. The van der Waals surface area contributed by atoms with E-state index in [-0.39, 0.29) is 6.61 Å². The molecule has 1 aliphatic rings. The topological polar surface area (TPSA) is 53.6 Å². The van der Waals surface area contributed by atoms with E-state index in [1.165, 1.54) is 4.90 Å². The second-order valence-electron chi connectivity index (χ2n) is 6.66. The highest BCUT2D eigenvalue weighted by Gasteiger charge is 2.43. The summed E-state index contributed by atoms with van der Waals surface area (Å²) in [6, 6.07) is 2.19. The SMILES string of the molecule is Cc1cc(C)c(OCC(=O)NCC(N2CCNCC2)C(F)(F)F)c(C)c1. The number of aryl methyl sites for hydroxylation is 3. The van der Waals surface area contributed by atoms with Crippen molar-refractivity contribution in [2.24, 2.45) is 0 Å². The first-order chi connectivity index (χ1) is 12.2. The van der Waals surface area contributed by atoms with Gasteiger partial charge in [0.25, 0.3) is 5.91 Å². The number of halogens is 3. The van der Waals surface area contributed by atoms with E-state index in [1.54, 1.807) is 0 Å². The summed E-state index contributed by atoms with van der Waals surface area (Å²) < 4.78 is 45.4. The molecule has 26 heavy (non-hydrogen) atoms. The number of carbonyl (C=O) groups is 1. The van der Waals surface area contributed by atoms with E-state index in [1.807, 2.05) is 32.9 Å². The lowest BCUT2D eigenvalue weighted by molar-refractivity contribution is -0.184. The number of hydrogen-bond donors (Lipinski definition) is 2. The monoisotopic (exact) mass is 373 g/mol. The molecule has 1 unspecified atom stereocenters. The Morgan fingerprint density at radius 1 is 1.23 bits per heavy atom. The van der Waals surface area contributed by atoms with Gasteiger partial charge in [-0.3, -0.25) is 9.69 Å². The lowest BCUT2D eigenvalue weighted by atomic mass is 10.1. The van der Waals surface area contributed by atoms with Crippen molar-refractivity contribution in [2.75, 3.05) is 39.3 Å². The Kier molecular flexibility index (Phi) is 6.88. The molecule has 1 aromatic carbocycles. The minimum absolute atomic E-state index is 0.304. The summed E-state index contributed by atoms with van der Waals surface area (Å²) in [5.41, 5.74) is 2.87. The molecular weight excluding hydrogens is 347 g/mol. The number of nitrogens with zero attached hydrogens (tertiary/aromatic N) is 1. The number of rotatable bonds is 6. The summed E-state index contributed by atoms with van der Waals surface area (Å²) in [6.07, 6.45) is -4.39. The van der Waals surface area contributed by atoms with Crippen LogP contribution in [0, 0.1) is 20.8 Å². The number of alkyl halides is 3. The van der Waals surface area contributed by atoms with Crippen LogP contribution in [0.15, 0.2) is 12.1 Å². The molecular formula is C18H26F3N3O2. The van der Waals surface area contributed by atoms with Gasteiger partial charge in [0.05, 0.1) is 0 Å². The average molecular weight is 373 g/mol. The van der Waals surface area contributed by atoms with Crippen molar-refractivity contribution in [3.05, 3.63) is 28.8 Å². The smallest absolute Gasteiger partial charge is 0.405 e. The maximum atomic E-state index is 13.3. The van der Waals surface area contributed by atoms with Crippen molar-refractivity contribution in [3.63, 3.8) is 0 Å². The van der Waals surface area contributed by atoms with Crippen molar-refractivity contribution in [1.82, 2.24) is 15.5 Å². The van der Waals surface area contributed by atoms with E-state index in [0.717, 1.165) is 16.7 Å². The van der Waals surface area contributed by atoms with Crippen LogP contribution in [-0.2, 0) is 4.79 Å². The molecule has 2 rings (SSSR count). The second-order valence-corrected chi connectivity index (χ2v) is 6.66. The number of amides is 1. The summed E-state index contributed by atoms with van der Waals surface area (Å²) in [4.78, 5) is 13.3. The first kappa shape index (κ1) is 20.5. The molecule has 1 fully saturated rings. The summed E-state index contributed by atoms with van der Waals surface area (Å²) in [7, 11) is 0. The normalized spacial score (nSPS) is 17.0. The minimum atomic E-state index is -4.39. The van der Waals surface area contributed by atoms with E-state index in [4.69, 9.17) is 4.74 Å². The molecule has 2 N–H and O–H groups in total. The van der Waals surface area contributed by atoms with Gasteiger partial charge >= 0.3 is 6.18 Å². The molecule has 5 nitrogen and oxygen atoms in total. The Morgan fingerprint density at radius 2 is 1.81 bits per heavy atom. The van der Waals surface area contributed by atoms with Crippen LogP contribution in [0.3, 0.4) is 0 Å². The average Bonchev–Trinajstić information content (AvgIpc) is 2.53. The molecule has 1 amide bonds. The highest BCUT2D eigenvalue weighted by molar-refractivity contribution is 5.77. The van der Waals surface area contributed by atoms with Crippen LogP contribution in [-0.4, -0.2) is 62.4 Å². The lowest BCUT2D eigenvalue weighted by Crippen LogP contribution is -2.57. The van der Waals surface area contributed by atoms with Gasteiger partial charge in [-0.25, -0.2) is 0 Å². The van der Waals surface area contributed by atoms with Gasteiger partial charge in [-0.05, 0) is 31.9 Å². The maximum Gasteiger partial charge on any atom is 0.405 e. The van der Waals surface area contributed by atoms with Gasteiger partial charge in [-0.2, -0.15) is 13.2 Å². The van der Waals surface area contributed by atoms with E-state index >= 15 is 0 Å². The zero-order valence-corrected chi connectivity index (χ0v) is 15.4. The third-order valence-corrected chi connectivity index (χ3v) is 4.42. The predicted molar refractivity (Wildman–Crippen MR) is 93.4 cm³/mol. The van der Waals surface area contributed by atoms with E-state index in [0.29, 0.717) is 31.9 Å². The fraction of sp³-hybridized carbons (Fsp3) is 0.611. The molecule has 1 heterocycles. The van der Waals surface area contributed by atoms with Gasteiger partial charge < -0.3 is 15.4 Å². The van der Waals surface area contributed by atoms with Crippen molar-refractivity contribution < 1.29 is 22.7 Å². The van der Waals surface area contributed by atoms with Gasteiger partial charge in [0.1, 0.15) is 11.8 Å². The third-order valence-electron chi connectivity index (χ3n) is 4.42. The molecule has 1 saturated heterocycles. The number of hydrogen-bond acceptors (Lipinski definition) is 4. The van der Waals surface area contributed by atoms with Crippen LogP contribution >= 0.6 is 0 Å². The van der Waals surface area contributed by atoms with Crippen LogP contribution in [0.25, 0.3) is 0 Å². The molecule has 0 radical (unpaired) electrons. The maximum absolute atomic E-state index is 13.3. The lowest BCUT2D eigenvalue weighted by Gasteiger charge is -2.35. The predicted octanol–water partition coefficient (Wildman–Crippen LogP) is 1.94. The summed E-state index contributed by atoms with van der Waals surface area (Å²) >= 11 is 0. The molecule has 0 saturated carbocycles. The molecule has 1 aromatic rings. The molecule has 0 bridgehead atoms. The first-order valence-corrected chi connectivity index (χ1v) is 8.67. The van der Waals surface area contributed by atoms with E-state index in [9.17, 15) is 18.0 Å². The Morgan fingerprint density at radius 3 is 2.35 bits per heavy atom. The van der Waals surface area contributed by atoms with Crippen molar-refractivity contribution >= 4 is 5.91 Å². The van der Waals surface area contributed by atoms with Crippen molar-refractivity contribution in [1.29, 1.82) is 0 Å². The van der Waals surface area contributed by atoms with Gasteiger partial charge in [0.2, 0.25) is 0 Å². The fourth-order valence-corrected chi connectivity index (χ4v) is 3.24. The zero-order chi connectivity index (χ0) is 19.3. The van der Waals surface area contributed by atoms with Gasteiger partial charge in [0, 0.05) is 32.7 Å². The number of ether oxygens (including phenoxy) is 1. The molecule has 1 aliphatic heterocycles. The summed E-state index contributed by atoms with van der Waals surface area (Å²) in [6.45, 7) is 6.55. The molecule has 0 spiro atoms. The fourth-order valence-electron chi connectivity index (χ4n) is 3.24. The zero-order valence-electron chi connectivity index (χ0n) is 15.4. The quantitative estimate of drug-likeness (QED) is 0.800. The Hall–Kier alpha value is -1.80. The van der Waals surface area contributed by atoms with E-state index < -0.39 is 24.7 Å².